The molecular weight excluding hydrogens is 184 g/mol. The van der Waals surface area contributed by atoms with Crippen LogP contribution < -0.4 is 4.74 Å². The third kappa shape index (κ3) is 3.58. The third-order valence-corrected chi connectivity index (χ3v) is 1.72. The highest BCUT2D eigenvalue weighted by atomic mass is 16.5. The number of ether oxygens (including phenoxy) is 1. The number of terminal acetylenes is 1. The molecule has 0 aliphatic carbocycles. The molecule has 0 aliphatic rings. The minimum atomic E-state index is 0.869. The fourth-order valence-corrected chi connectivity index (χ4v) is 1.11. The molecule has 0 bridgehead atoms. The van der Waals surface area contributed by atoms with Crippen molar-refractivity contribution in [2.45, 2.75) is 0 Å². The highest BCUT2D eigenvalue weighted by Crippen LogP contribution is 2.19. The summed E-state index contributed by atoms with van der Waals surface area (Å²) in [5, 5.41) is 0. The molecule has 1 heteroatoms. The average molecular weight is 196 g/mol. The summed E-state index contributed by atoms with van der Waals surface area (Å²) in [7, 11) is 0. The Morgan fingerprint density at radius 1 is 0.600 bits per heavy atom. The van der Waals surface area contributed by atoms with Gasteiger partial charge >= 0.3 is 0 Å². The van der Waals surface area contributed by atoms with Crippen molar-refractivity contribution in [2.75, 3.05) is 0 Å². The van der Waals surface area contributed by atoms with E-state index in [9.17, 15) is 0 Å². The zero-order valence-electron chi connectivity index (χ0n) is 8.34. The van der Waals surface area contributed by atoms with E-state index in [2.05, 4.69) is 12.8 Å². The van der Waals surface area contributed by atoms with Crippen LogP contribution in [-0.4, -0.2) is 0 Å². The van der Waals surface area contributed by atoms with Crippen LogP contribution >= 0.6 is 0 Å². The van der Waals surface area contributed by atoms with E-state index in [0.717, 1.165) is 11.5 Å². The monoisotopic (exact) mass is 196 g/mol. The summed E-state index contributed by atoms with van der Waals surface area (Å²) in [4.78, 5) is 0. The van der Waals surface area contributed by atoms with Gasteiger partial charge in [-0.1, -0.05) is 36.4 Å². The van der Waals surface area contributed by atoms with Gasteiger partial charge in [0.15, 0.2) is 0 Å². The van der Waals surface area contributed by atoms with Gasteiger partial charge in [0, 0.05) is 0 Å². The number of hydrogen-bond acceptors (Lipinski definition) is 1. The Kier molecular flexibility index (Phi) is 4.56. The van der Waals surface area contributed by atoms with E-state index in [1.165, 1.54) is 0 Å². The lowest BCUT2D eigenvalue weighted by Gasteiger charge is -2.03. The summed E-state index contributed by atoms with van der Waals surface area (Å²) in [6, 6.07) is 19.5. The number of benzene rings is 2. The second-order valence-corrected chi connectivity index (χ2v) is 2.73. The second kappa shape index (κ2) is 6.28. The Labute approximate surface area is 90.3 Å². The molecule has 0 heterocycles. The van der Waals surface area contributed by atoms with Gasteiger partial charge in [0.2, 0.25) is 0 Å². The molecule has 0 N–H and O–H groups in total. The molecule has 0 amide bonds. The largest absolute Gasteiger partial charge is 0.457 e. The molecule has 74 valence electrons. The second-order valence-electron chi connectivity index (χ2n) is 2.73. The van der Waals surface area contributed by atoms with Crippen molar-refractivity contribution in [3.8, 4) is 24.3 Å². The Morgan fingerprint density at radius 2 is 0.933 bits per heavy atom. The first kappa shape index (κ1) is 10.9. The van der Waals surface area contributed by atoms with Gasteiger partial charge in [-0.05, 0) is 24.3 Å². The minimum absolute atomic E-state index is 0.869. The van der Waals surface area contributed by atoms with Crippen molar-refractivity contribution in [2.24, 2.45) is 0 Å². The molecular formula is C14H12O. The first-order valence-electron chi connectivity index (χ1n) is 4.56. The molecule has 1 nitrogen and oxygen atoms in total. The van der Waals surface area contributed by atoms with Crippen molar-refractivity contribution in [3.63, 3.8) is 0 Å². The minimum Gasteiger partial charge on any atom is -0.457 e. The van der Waals surface area contributed by atoms with Crippen molar-refractivity contribution >= 4 is 0 Å². The van der Waals surface area contributed by atoms with Gasteiger partial charge < -0.3 is 4.74 Å². The summed E-state index contributed by atoms with van der Waals surface area (Å²) in [5.74, 6) is 1.74. The van der Waals surface area contributed by atoms with E-state index in [1.807, 2.05) is 60.7 Å². The summed E-state index contributed by atoms with van der Waals surface area (Å²) >= 11 is 0. The molecule has 2 aromatic rings. The molecule has 0 saturated carbocycles. The molecule has 0 radical (unpaired) electrons. The molecule has 2 rings (SSSR count). The fraction of sp³-hybridized carbons (Fsp3) is 0. The predicted octanol–water partition coefficient (Wildman–Crippen LogP) is 3.73. The van der Waals surface area contributed by atoms with E-state index in [-0.39, 0.29) is 0 Å². The molecule has 15 heavy (non-hydrogen) atoms. The zero-order valence-corrected chi connectivity index (χ0v) is 8.34. The van der Waals surface area contributed by atoms with Crippen LogP contribution in [0.5, 0.6) is 11.5 Å². The van der Waals surface area contributed by atoms with Gasteiger partial charge in [-0.3, -0.25) is 0 Å². The van der Waals surface area contributed by atoms with Gasteiger partial charge in [-0.25, -0.2) is 0 Å². The lowest BCUT2D eigenvalue weighted by atomic mass is 10.3. The molecule has 0 saturated heterocycles. The highest BCUT2D eigenvalue weighted by Gasteiger charge is 1.92. The van der Waals surface area contributed by atoms with Gasteiger partial charge in [-0.15, -0.1) is 12.8 Å². The Hall–Kier alpha value is -2.20. The maximum Gasteiger partial charge on any atom is 0.127 e. The lowest BCUT2D eigenvalue weighted by molar-refractivity contribution is 0.482. The topological polar surface area (TPSA) is 9.23 Å². The standard InChI is InChI=1S/C12H10O.C2H2/c1-3-7-11(8-4-1)13-12-9-5-2-6-10-12;1-2/h1-10H;1-2H. The summed E-state index contributed by atoms with van der Waals surface area (Å²) in [6.45, 7) is 0. The maximum absolute atomic E-state index is 5.58. The van der Waals surface area contributed by atoms with Crippen molar-refractivity contribution in [1.29, 1.82) is 0 Å². The number of hydrogen-bond donors (Lipinski definition) is 0. The van der Waals surface area contributed by atoms with E-state index in [4.69, 9.17) is 4.74 Å². The fourth-order valence-electron chi connectivity index (χ4n) is 1.11. The first-order chi connectivity index (χ1) is 7.45. The summed E-state index contributed by atoms with van der Waals surface area (Å²) in [5.41, 5.74) is 0. The lowest BCUT2D eigenvalue weighted by Crippen LogP contribution is -1.81. The molecule has 0 spiro atoms. The Bertz CT molecular complexity index is 352. The zero-order chi connectivity index (χ0) is 10.9. The van der Waals surface area contributed by atoms with Gasteiger partial charge in [0.25, 0.3) is 0 Å². The SMILES string of the molecule is C#C.c1ccc(Oc2ccccc2)cc1. The normalized spacial score (nSPS) is 8.40. The van der Waals surface area contributed by atoms with Crippen LogP contribution in [0.1, 0.15) is 0 Å². The van der Waals surface area contributed by atoms with Crippen LogP contribution in [0.25, 0.3) is 0 Å². The van der Waals surface area contributed by atoms with Crippen LogP contribution in [0.2, 0.25) is 0 Å². The predicted molar refractivity (Wildman–Crippen MR) is 62.8 cm³/mol. The molecule has 0 aromatic heterocycles. The Balaban J connectivity index is 0.000000531. The van der Waals surface area contributed by atoms with E-state index in [0.29, 0.717) is 0 Å². The van der Waals surface area contributed by atoms with E-state index < -0.39 is 0 Å². The van der Waals surface area contributed by atoms with Crippen molar-refractivity contribution in [1.82, 2.24) is 0 Å². The summed E-state index contributed by atoms with van der Waals surface area (Å²) in [6.07, 6.45) is 8.00. The van der Waals surface area contributed by atoms with Crippen LogP contribution in [0, 0.1) is 12.8 Å². The van der Waals surface area contributed by atoms with Gasteiger partial charge in [0.1, 0.15) is 11.5 Å². The number of rotatable bonds is 2. The smallest absolute Gasteiger partial charge is 0.127 e. The summed E-state index contributed by atoms with van der Waals surface area (Å²) < 4.78 is 5.58. The highest BCUT2D eigenvalue weighted by molar-refractivity contribution is 5.30. The van der Waals surface area contributed by atoms with Crippen LogP contribution in [0.3, 0.4) is 0 Å². The molecule has 0 atom stereocenters. The van der Waals surface area contributed by atoms with Crippen molar-refractivity contribution in [3.05, 3.63) is 60.7 Å². The maximum atomic E-state index is 5.58. The molecule has 2 aromatic carbocycles. The van der Waals surface area contributed by atoms with Crippen LogP contribution in [0.15, 0.2) is 60.7 Å². The van der Waals surface area contributed by atoms with Crippen LogP contribution in [0.4, 0.5) is 0 Å². The van der Waals surface area contributed by atoms with Gasteiger partial charge in [0.05, 0.1) is 0 Å². The van der Waals surface area contributed by atoms with Crippen molar-refractivity contribution < 1.29 is 4.74 Å². The van der Waals surface area contributed by atoms with E-state index >= 15 is 0 Å². The average Bonchev–Trinajstić information content (AvgIpc) is 2.34. The third-order valence-electron chi connectivity index (χ3n) is 1.72. The van der Waals surface area contributed by atoms with Crippen LogP contribution in [-0.2, 0) is 0 Å². The molecule has 0 fully saturated rings. The quantitative estimate of drug-likeness (QED) is 0.665. The van der Waals surface area contributed by atoms with Gasteiger partial charge in [-0.2, -0.15) is 0 Å². The van der Waals surface area contributed by atoms with E-state index in [1.54, 1.807) is 0 Å². The molecule has 0 aliphatic heterocycles. The number of para-hydroxylation sites is 2. The molecule has 0 unspecified atom stereocenters. The first-order valence-corrected chi connectivity index (χ1v) is 4.56. The Morgan fingerprint density at radius 3 is 1.27 bits per heavy atom.